The predicted octanol–water partition coefficient (Wildman–Crippen LogP) is 1.99. The van der Waals surface area contributed by atoms with Gasteiger partial charge < -0.3 is 10.2 Å². The molecule has 0 radical (unpaired) electrons. The first-order valence-corrected chi connectivity index (χ1v) is 6.37. The Morgan fingerprint density at radius 3 is 2.74 bits per heavy atom. The van der Waals surface area contributed by atoms with Crippen molar-refractivity contribution in [2.75, 3.05) is 13.2 Å². The molecule has 0 aliphatic rings. The number of carboxylic acid groups (broad SMARTS) is 1. The summed E-state index contributed by atoms with van der Waals surface area (Å²) in [5.74, 6) is -0.950. The summed E-state index contributed by atoms with van der Waals surface area (Å²) in [5, 5.41) is 17.7. The Morgan fingerprint density at radius 2 is 2.16 bits per heavy atom. The van der Waals surface area contributed by atoms with Gasteiger partial charge in [0.05, 0.1) is 6.61 Å². The number of hydrogen-bond donors (Lipinski definition) is 2. The average Bonchev–Trinajstić information content (AvgIpc) is 2.36. The number of rotatable bonds is 7. The number of benzene rings is 1. The summed E-state index contributed by atoms with van der Waals surface area (Å²) in [7, 11) is 0. The molecule has 0 aromatic heterocycles. The molecule has 0 bridgehead atoms. The smallest absolute Gasteiger partial charge is 0.328 e. The maximum absolute atomic E-state index is 10.5. The van der Waals surface area contributed by atoms with E-state index in [1.54, 1.807) is 6.08 Å². The molecule has 0 aliphatic heterocycles. The van der Waals surface area contributed by atoms with E-state index >= 15 is 0 Å². The van der Waals surface area contributed by atoms with Crippen LogP contribution in [0.4, 0.5) is 0 Å². The Hall–Kier alpha value is -1.65. The fourth-order valence-corrected chi connectivity index (χ4v) is 1.85. The molecule has 0 saturated carbocycles. The Kier molecular flexibility index (Phi) is 6.25. The molecule has 4 heteroatoms. The van der Waals surface area contributed by atoms with Gasteiger partial charge in [0.2, 0.25) is 0 Å². The minimum absolute atomic E-state index is 0.136. The SMILES string of the molecule is CC(C)N(CCO)Cc1cccc(C=CC(=O)O)c1. The number of aliphatic hydroxyl groups is 1. The van der Waals surface area contributed by atoms with Crippen LogP contribution in [0.15, 0.2) is 30.3 Å². The third-order valence-electron chi connectivity index (χ3n) is 2.87. The summed E-state index contributed by atoms with van der Waals surface area (Å²) in [6.45, 7) is 5.68. The highest BCUT2D eigenvalue weighted by Crippen LogP contribution is 2.11. The third-order valence-corrected chi connectivity index (χ3v) is 2.87. The van der Waals surface area contributed by atoms with E-state index in [2.05, 4.69) is 18.7 Å². The van der Waals surface area contributed by atoms with Gasteiger partial charge in [0.15, 0.2) is 0 Å². The molecule has 0 heterocycles. The van der Waals surface area contributed by atoms with E-state index < -0.39 is 5.97 Å². The number of nitrogens with zero attached hydrogens (tertiary/aromatic N) is 1. The predicted molar refractivity (Wildman–Crippen MR) is 75.7 cm³/mol. The van der Waals surface area contributed by atoms with Crippen LogP contribution in [0.5, 0.6) is 0 Å². The second-order valence-corrected chi connectivity index (χ2v) is 4.70. The van der Waals surface area contributed by atoms with Gasteiger partial charge in [-0.3, -0.25) is 4.90 Å². The van der Waals surface area contributed by atoms with Gasteiger partial charge in [-0.05, 0) is 31.1 Å². The zero-order valence-electron chi connectivity index (χ0n) is 11.4. The van der Waals surface area contributed by atoms with Crippen molar-refractivity contribution in [2.24, 2.45) is 0 Å². The van der Waals surface area contributed by atoms with Crippen LogP contribution in [0, 0.1) is 0 Å². The van der Waals surface area contributed by atoms with Crippen molar-refractivity contribution in [1.82, 2.24) is 4.90 Å². The third kappa shape index (κ3) is 5.68. The van der Waals surface area contributed by atoms with E-state index in [0.717, 1.165) is 23.7 Å². The molecule has 0 unspecified atom stereocenters. The van der Waals surface area contributed by atoms with Crippen LogP contribution in [-0.4, -0.2) is 40.3 Å². The first-order valence-electron chi connectivity index (χ1n) is 6.37. The first kappa shape index (κ1) is 15.4. The number of hydrogen-bond acceptors (Lipinski definition) is 3. The second kappa shape index (κ2) is 7.71. The normalized spacial score (nSPS) is 11.6. The van der Waals surface area contributed by atoms with Crippen molar-refractivity contribution in [3.8, 4) is 0 Å². The van der Waals surface area contributed by atoms with Gasteiger partial charge in [-0.25, -0.2) is 4.79 Å². The number of aliphatic hydroxyl groups excluding tert-OH is 1. The second-order valence-electron chi connectivity index (χ2n) is 4.70. The van der Waals surface area contributed by atoms with Crippen molar-refractivity contribution in [1.29, 1.82) is 0 Å². The molecule has 19 heavy (non-hydrogen) atoms. The number of carbonyl (C=O) groups is 1. The Labute approximate surface area is 114 Å². The summed E-state index contributed by atoms with van der Waals surface area (Å²) in [6, 6.07) is 8.10. The zero-order chi connectivity index (χ0) is 14.3. The van der Waals surface area contributed by atoms with Gasteiger partial charge >= 0.3 is 5.97 Å². The molecule has 0 fully saturated rings. The Bertz CT molecular complexity index is 441. The summed E-state index contributed by atoms with van der Waals surface area (Å²) < 4.78 is 0. The lowest BCUT2D eigenvalue weighted by molar-refractivity contribution is -0.131. The first-order chi connectivity index (χ1) is 9.02. The van der Waals surface area contributed by atoms with E-state index in [4.69, 9.17) is 10.2 Å². The van der Waals surface area contributed by atoms with Crippen LogP contribution in [0.1, 0.15) is 25.0 Å². The molecule has 0 aliphatic carbocycles. The standard InChI is InChI=1S/C15H21NO3/c1-12(2)16(8-9-17)11-14-5-3-4-13(10-14)6-7-15(18)19/h3-7,10,12,17H,8-9,11H2,1-2H3,(H,18,19). The molecule has 0 amide bonds. The number of aliphatic carboxylic acids is 1. The van der Waals surface area contributed by atoms with Crippen LogP contribution in [0.25, 0.3) is 6.08 Å². The minimum Gasteiger partial charge on any atom is -0.478 e. The van der Waals surface area contributed by atoms with E-state index in [1.807, 2.05) is 24.3 Å². The zero-order valence-corrected chi connectivity index (χ0v) is 11.4. The van der Waals surface area contributed by atoms with Gasteiger partial charge in [-0.15, -0.1) is 0 Å². The Balaban J connectivity index is 2.78. The van der Waals surface area contributed by atoms with Crippen molar-refractivity contribution in [3.05, 3.63) is 41.5 Å². The topological polar surface area (TPSA) is 60.8 Å². The summed E-state index contributed by atoms with van der Waals surface area (Å²) in [6.07, 6.45) is 2.71. The molecule has 0 atom stereocenters. The minimum atomic E-state index is -0.950. The molecule has 104 valence electrons. The molecule has 2 N–H and O–H groups in total. The maximum atomic E-state index is 10.5. The van der Waals surface area contributed by atoms with E-state index in [-0.39, 0.29) is 6.61 Å². The van der Waals surface area contributed by atoms with E-state index in [1.165, 1.54) is 0 Å². The van der Waals surface area contributed by atoms with Gasteiger partial charge in [-0.1, -0.05) is 24.3 Å². The van der Waals surface area contributed by atoms with Crippen molar-refractivity contribution >= 4 is 12.0 Å². The van der Waals surface area contributed by atoms with E-state index in [0.29, 0.717) is 12.6 Å². The molecule has 1 aromatic rings. The van der Waals surface area contributed by atoms with Gasteiger partial charge in [0.25, 0.3) is 0 Å². The molecule has 1 aromatic carbocycles. The van der Waals surface area contributed by atoms with Gasteiger partial charge in [0.1, 0.15) is 0 Å². The van der Waals surface area contributed by atoms with Crippen LogP contribution in [0.3, 0.4) is 0 Å². The lowest BCUT2D eigenvalue weighted by Gasteiger charge is -2.25. The van der Waals surface area contributed by atoms with Crippen molar-refractivity contribution in [2.45, 2.75) is 26.4 Å². The molecule has 0 saturated heterocycles. The fraction of sp³-hybridized carbons (Fsp3) is 0.400. The van der Waals surface area contributed by atoms with Crippen LogP contribution >= 0.6 is 0 Å². The molecular weight excluding hydrogens is 242 g/mol. The van der Waals surface area contributed by atoms with Gasteiger partial charge in [-0.2, -0.15) is 0 Å². The van der Waals surface area contributed by atoms with Gasteiger partial charge in [0, 0.05) is 25.2 Å². The van der Waals surface area contributed by atoms with Crippen molar-refractivity contribution in [3.63, 3.8) is 0 Å². The summed E-state index contributed by atoms with van der Waals surface area (Å²) in [5.41, 5.74) is 1.97. The maximum Gasteiger partial charge on any atom is 0.328 e. The van der Waals surface area contributed by atoms with Crippen LogP contribution < -0.4 is 0 Å². The molecule has 1 rings (SSSR count). The highest BCUT2D eigenvalue weighted by molar-refractivity contribution is 5.85. The summed E-state index contributed by atoms with van der Waals surface area (Å²) >= 11 is 0. The number of carboxylic acids is 1. The molecule has 0 spiro atoms. The highest BCUT2D eigenvalue weighted by Gasteiger charge is 2.09. The fourth-order valence-electron chi connectivity index (χ4n) is 1.85. The lowest BCUT2D eigenvalue weighted by atomic mass is 10.1. The Morgan fingerprint density at radius 1 is 1.42 bits per heavy atom. The molecular formula is C15H21NO3. The summed E-state index contributed by atoms with van der Waals surface area (Å²) in [4.78, 5) is 12.7. The van der Waals surface area contributed by atoms with Crippen LogP contribution in [-0.2, 0) is 11.3 Å². The van der Waals surface area contributed by atoms with Crippen LogP contribution in [0.2, 0.25) is 0 Å². The average molecular weight is 263 g/mol. The highest BCUT2D eigenvalue weighted by atomic mass is 16.4. The lowest BCUT2D eigenvalue weighted by Crippen LogP contribution is -2.32. The largest absolute Gasteiger partial charge is 0.478 e. The van der Waals surface area contributed by atoms with Crippen molar-refractivity contribution < 1.29 is 15.0 Å². The quantitative estimate of drug-likeness (QED) is 0.739. The van der Waals surface area contributed by atoms with E-state index in [9.17, 15) is 4.79 Å². The monoisotopic (exact) mass is 263 g/mol. The molecule has 4 nitrogen and oxygen atoms in total.